The molecule has 0 saturated carbocycles. The number of hydrogen-bond donors (Lipinski definition) is 2. The van der Waals surface area contributed by atoms with Crippen molar-refractivity contribution in [3.8, 4) is 0 Å². The summed E-state index contributed by atoms with van der Waals surface area (Å²) >= 11 is 0. The fourth-order valence-corrected chi connectivity index (χ4v) is 1.91. The maximum Gasteiger partial charge on any atom is 0.271 e. The molecule has 142 valence electrons. The van der Waals surface area contributed by atoms with Crippen molar-refractivity contribution in [2.24, 2.45) is 10.2 Å². The van der Waals surface area contributed by atoms with E-state index in [-0.39, 0.29) is 22.5 Å². The summed E-state index contributed by atoms with van der Waals surface area (Å²) in [4.78, 5) is 43.7. The molecule has 0 aliphatic heterocycles. The van der Waals surface area contributed by atoms with E-state index < -0.39 is 21.7 Å². The molecule has 12 heteroatoms. The third kappa shape index (κ3) is 5.52. The fraction of sp³-hybridized carbons (Fsp3) is 0. The molecule has 2 N–H and O–H groups in total. The number of nitro groups is 2. The maximum atomic E-state index is 11.8. The summed E-state index contributed by atoms with van der Waals surface area (Å²) in [7, 11) is 0. The van der Waals surface area contributed by atoms with Gasteiger partial charge in [0.25, 0.3) is 23.2 Å². The van der Waals surface area contributed by atoms with Crippen LogP contribution in [0.5, 0.6) is 0 Å². The third-order valence-corrected chi connectivity index (χ3v) is 3.19. The number of amides is 2. The Morgan fingerprint density at radius 3 is 1.54 bits per heavy atom. The van der Waals surface area contributed by atoms with E-state index in [1.165, 1.54) is 36.4 Å². The molecule has 2 rings (SSSR count). The van der Waals surface area contributed by atoms with Crippen molar-refractivity contribution in [2.75, 3.05) is 0 Å². The number of nitrogens with zero attached hydrogens (tertiary/aromatic N) is 4. The molecule has 0 atom stereocenters. The van der Waals surface area contributed by atoms with Crippen molar-refractivity contribution >= 4 is 35.6 Å². The Balaban J connectivity index is 1.86. The predicted molar refractivity (Wildman–Crippen MR) is 98.1 cm³/mol. The molecule has 12 nitrogen and oxygen atoms in total. The quantitative estimate of drug-likeness (QED) is 0.417. The normalized spacial score (nSPS) is 10.7. The zero-order chi connectivity index (χ0) is 20.5. The van der Waals surface area contributed by atoms with E-state index in [0.29, 0.717) is 0 Å². The molecule has 0 heterocycles. The lowest BCUT2D eigenvalue weighted by Gasteiger charge is -1.99. The molecule has 0 radical (unpaired) electrons. The van der Waals surface area contributed by atoms with Crippen molar-refractivity contribution in [2.45, 2.75) is 0 Å². The van der Waals surface area contributed by atoms with Gasteiger partial charge in [-0.05, 0) is 12.1 Å². The van der Waals surface area contributed by atoms with Crippen LogP contribution in [0.2, 0.25) is 0 Å². The van der Waals surface area contributed by atoms with Gasteiger partial charge in [0.15, 0.2) is 0 Å². The molecule has 2 aromatic carbocycles. The second kappa shape index (κ2) is 9.28. The summed E-state index contributed by atoms with van der Waals surface area (Å²) in [5, 5.41) is 28.4. The zero-order valence-corrected chi connectivity index (χ0v) is 14.0. The number of rotatable bonds is 7. The first-order valence-corrected chi connectivity index (χ1v) is 7.53. The van der Waals surface area contributed by atoms with Crippen molar-refractivity contribution < 1.29 is 19.4 Å². The minimum atomic E-state index is -0.672. The maximum absolute atomic E-state index is 11.8. The van der Waals surface area contributed by atoms with E-state index in [9.17, 15) is 29.8 Å². The van der Waals surface area contributed by atoms with Crippen LogP contribution >= 0.6 is 0 Å². The van der Waals surface area contributed by atoms with Crippen LogP contribution in [-0.2, 0) is 0 Å². The van der Waals surface area contributed by atoms with Crippen LogP contribution in [0.15, 0.2) is 58.7 Å². The summed E-state index contributed by atoms with van der Waals surface area (Å²) in [6, 6.07) is 10.2. The molecule has 0 spiro atoms. The zero-order valence-electron chi connectivity index (χ0n) is 14.0. The number of hydrogen-bond acceptors (Lipinski definition) is 8. The Bertz CT molecular complexity index is 908. The highest BCUT2D eigenvalue weighted by Gasteiger charge is 2.11. The van der Waals surface area contributed by atoms with Crippen LogP contribution in [0.25, 0.3) is 0 Å². The van der Waals surface area contributed by atoms with Gasteiger partial charge in [0, 0.05) is 35.4 Å². The summed E-state index contributed by atoms with van der Waals surface area (Å²) in [5.41, 5.74) is 3.89. The Morgan fingerprint density at radius 1 is 0.786 bits per heavy atom. The average molecular weight is 384 g/mol. The molecule has 0 aliphatic rings. The van der Waals surface area contributed by atoms with Crippen LogP contribution in [0.4, 0.5) is 11.4 Å². The Kier molecular flexibility index (Phi) is 6.58. The van der Waals surface area contributed by atoms with Crippen LogP contribution in [0.3, 0.4) is 0 Å². The highest BCUT2D eigenvalue weighted by Crippen LogP contribution is 2.13. The summed E-state index contributed by atoms with van der Waals surface area (Å²) < 4.78 is 0. The van der Waals surface area contributed by atoms with Crippen LogP contribution in [0.1, 0.15) is 20.7 Å². The van der Waals surface area contributed by atoms with Gasteiger partial charge in [-0.1, -0.05) is 12.1 Å². The lowest BCUT2D eigenvalue weighted by molar-refractivity contribution is -0.385. The third-order valence-electron chi connectivity index (χ3n) is 3.19. The second-order valence-electron chi connectivity index (χ2n) is 5.05. The molecule has 0 unspecified atom stereocenters. The lowest BCUT2D eigenvalue weighted by atomic mass is 10.2. The number of nitrogens with one attached hydrogen (secondary N) is 2. The van der Waals surface area contributed by atoms with Gasteiger partial charge in [0.1, 0.15) is 0 Å². The van der Waals surface area contributed by atoms with Crippen LogP contribution in [-0.4, -0.2) is 34.1 Å². The average Bonchev–Trinajstić information content (AvgIpc) is 2.70. The number of benzene rings is 2. The highest BCUT2D eigenvalue weighted by atomic mass is 16.6. The summed E-state index contributed by atoms with van der Waals surface area (Å²) in [5.74, 6) is -1.34. The van der Waals surface area contributed by atoms with Gasteiger partial charge < -0.3 is 0 Å². The van der Waals surface area contributed by atoms with E-state index in [1.807, 2.05) is 0 Å². The molecule has 2 aromatic rings. The van der Waals surface area contributed by atoms with E-state index in [1.54, 1.807) is 0 Å². The smallest absolute Gasteiger partial charge is 0.267 e. The highest BCUT2D eigenvalue weighted by molar-refractivity contribution is 6.16. The number of carbonyl (C=O) groups excluding carboxylic acids is 2. The molecule has 0 aromatic heterocycles. The molecule has 0 fully saturated rings. The molecule has 0 aliphatic carbocycles. The molecule has 0 bridgehead atoms. The SMILES string of the molecule is O=C(N/N=C\C=N\NC(=O)c1cccc([N+](=O)[O-])c1)c1cccc([N+](=O)[O-])c1. The van der Waals surface area contributed by atoms with Gasteiger partial charge in [0.2, 0.25) is 0 Å². The molecule has 2 amide bonds. The predicted octanol–water partition coefficient (Wildman–Crippen LogP) is 1.63. The molecular formula is C16H12N6O6. The monoisotopic (exact) mass is 384 g/mol. The first-order chi connectivity index (χ1) is 13.4. The standard InChI is InChI=1S/C16H12N6O6/c23-15(11-3-1-5-13(9-11)21(25)26)19-17-7-8-18-20-16(24)12-4-2-6-14(10-12)22(27)28/h1-10H,(H,19,23)(H,20,24)/b17-7-,18-8+. The Hall–Kier alpha value is -4.48. The fourth-order valence-electron chi connectivity index (χ4n) is 1.91. The minimum Gasteiger partial charge on any atom is -0.267 e. The van der Waals surface area contributed by atoms with Gasteiger partial charge >= 0.3 is 0 Å². The number of non-ortho nitro benzene ring substituents is 2. The van der Waals surface area contributed by atoms with Gasteiger partial charge in [-0.25, -0.2) is 10.9 Å². The number of carbonyl (C=O) groups is 2. The van der Waals surface area contributed by atoms with Crippen molar-refractivity contribution in [3.63, 3.8) is 0 Å². The van der Waals surface area contributed by atoms with Gasteiger partial charge in [0.05, 0.1) is 22.3 Å². The first kappa shape index (κ1) is 19.8. The van der Waals surface area contributed by atoms with Gasteiger partial charge in [-0.15, -0.1) is 0 Å². The molecule has 28 heavy (non-hydrogen) atoms. The minimum absolute atomic E-state index is 0.0438. The van der Waals surface area contributed by atoms with Gasteiger partial charge in [-0.3, -0.25) is 29.8 Å². The van der Waals surface area contributed by atoms with Crippen molar-refractivity contribution in [1.29, 1.82) is 0 Å². The van der Waals surface area contributed by atoms with E-state index in [0.717, 1.165) is 24.6 Å². The summed E-state index contributed by atoms with van der Waals surface area (Å²) in [6.07, 6.45) is 2.12. The van der Waals surface area contributed by atoms with Gasteiger partial charge in [-0.2, -0.15) is 10.2 Å². The van der Waals surface area contributed by atoms with Crippen molar-refractivity contribution in [3.05, 3.63) is 79.9 Å². The molecular weight excluding hydrogens is 372 g/mol. The molecule has 0 saturated heterocycles. The van der Waals surface area contributed by atoms with E-state index >= 15 is 0 Å². The van der Waals surface area contributed by atoms with Crippen molar-refractivity contribution in [1.82, 2.24) is 10.9 Å². The van der Waals surface area contributed by atoms with E-state index in [4.69, 9.17) is 0 Å². The topological polar surface area (TPSA) is 169 Å². The lowest BCUT2D eigenvalue weighted by Crippen LogP contribution is -2.19. The van der Waals surface area contributed by atoms with E-state index in [2.05, 4.69) is 21.1 Å². The van der Waals surface area contributed by atoms with Crippen LogP contribution < -0.4 is 10.9 Å². The number of nitro benzene ring substituents is 2. The second-order valence-corrected chi connectivity index (χ2v) is 5.05. The Labute approximate surface area is 156 Å². The Morgan fingerprint density at radius 2 is 1.18 bits per heavy atom. The largest absolute Gasteiger partial charge is 0.271 e. The van der Waals surface area contributed by atoms with Crippen LogP contribution in [0, 0.1) is 20.2 Å². The summed E-state index contributed by atoms with van der Waals surface area (Å²) in [6.45, 7) is 0. The first-order valence-electron chi connectivity index (χ1n) is 7.53. The number of hydrazone groups is 2.